The van der Waals surface area contributed by atoms with Crippen LogP contribution in [0.1, 0.15) is 27.2 Å². The molecule has 0 aliphatic rings. The van der Waals surface area contributed by atoms with Gasteiger partial charge in [-0.25, -0.2) is 5.43 Å². The van der Waals surface area contributed by atoms with Gasteiger partial charge in [0.15, 0.2) is 0 Å². The maximum absolute atomic E-state index is 11.9. The average Bonchev–Trinajstić information content (AvgIpc) is 2.68. The molecule has 0 aliphatic heterocycles. The standard InChI is InChI=1S/C21H19N3O2/c1-16-7-10-19(14-22-16)21(25)24-23-13-17-8-11-20(12-9-17)26-15-18-5-3-2-4-6-18/h2-14H,15H2,1H3,(H,24,25). The maximum atomic E-state index is 11.9. The van der Waals surface area contributed by atoms with Crippen LogP contribution in [0.5, 0.6) is 5.75 Å². The van der Waals surface area contributed by atoms with Crippen LogP contribution in [-0.2, 0) is 6.61 Å². The number of aromatic nitrogens is 1. The van der Waals surface area contributed by atoms with Gasteiger partial charge in [0.25, 0.3) is 5.91 Å². The topological polar surface area (TPSA) is 63.6 Å². The zero-order chi connectivity index (χ0) is 18.2. The van der Waals surface area contributed by atoms with E-state index in [-0.39, 0.29) is 5.91 Å². The Morgan fingerprint density at radius 1 is 1.08 bits per heavy atom. The number of rotatable bonds is 6. The van der Waals surface area contributed by atoms with E-state index >= 15 is 0 Å². The van der Waals surface area contributed by atoms with Gasteiger partial charge in [-0.15, -0.1) is 0 Å². The predicted molar refractivity (Wildman–Crippen MR) is 101 cm³/mol. The molecule has 2 aromatic carbocycles. The minimum atomic E-state index is -0.295. The summed E-state index contributed by atoms with van der Waals surface area (Å²) in [6.07, 6.45) is 3.11. The molecule has 5 nitrogen and oxygen atoms in total. The highest BCUT2D eigenvalue weighted by molar-refractivity contribution is 5.94. The van der Waals surface area contributed by atoms with Gasteiger partial charge in [-0.3, -0.25) is 9.78 Å². The van der Waals surface area contributed by atoms with E-state index in [1.807, 2.05) is 61.5 Å². The van der Waals surface area contributed by atoms with Crippen molar-refractivity contribution in [3.8, 4) is 5.75 Å². The normalized spacial score (nSPS) is 10.7. The van der Waals surface area contributed by atoms with E-state index in [9.17, 15) is 4.79 Å². The van der Waals surface area contributed by atoms with E-state index in [1.54, 1.807) is 18.3 Å². The van der Waals surface area contributed by atoms with E-state index in [0.717, 1.165) is 22.6 Å². The minimum absolute atomic E-state index is 0.295. The molecule has 26 heavy (non-hydrogen) atoms. The number of carbonyl (C=O) groups is 1. The highest BCUT2D eigenvalue weighted by atomic mass is 16.5. The zero-order valence-corrected chi connectivity index (χ0v) is 14.4. The molecule has 0 unspecified atom stereocenters. The van der Waals surface area contributed by atoms with Gasteiger partial charge in [-0.2, -0.15) is 5.10 Å². The Kier molecular flexibility index (Phi) is 5.72. The van der Waals surface area contributed by atoms with Crippen LogP contribution in [0.25, 0.3) is 0 Å². The maximum Gasteiger partial charge on any atom is 0.272 e. The monoisotopic (exact) mass is 345 g/mol. The number of amides is 1. The molecule has 130 valence electrons. The lowest BCUT2D eigenvalue weighted by Gasteiger charge is -2.06. The molecule has 0 fully saturated rings. The second kappa shape index (κ2) is 8.58. The fourth-order valence-electron chi connectivity index (χ4n) is 2.22. The van der Waals surface area contributed by atoms with Gasteiger partial charge in [-0.1, -0.05) is 30.3 Å². The molecule has 0 saturated heterocycles. The zero-order valence-electron chi connectivity index (χ0n) is 14.4. The number of hydrogen-bond donors (Lipinski definition) is 1. The quantitative estimate of drug-likeness (QED) is 0.547. The molecule has 1 amide bonds. The van der Waals surface area contributed by atoms with Gasteiger partial charge in [0, 0.05) is 11.9 Å². The van der Waals surface area contributed by atoms with Crippen LogP contribution in [-0.4, -0.2) is 17.1 Å². The third kappa shape index (κ3) is 5.01. The molecule has 0 bridgehead atoms. The molecule has 3 rings (SSSR count). The molecule has 1 aromatic heterocycles. The summed E-state index contributed by atoms with van der Waals surface area (Å²) in [4.78, 5) is 16.0. The van der Waals surface area contributed by atoms with Crippen molar-refractivity contribution in [3.05, 3.63) is 95.3 Å². The Labute approximate surface area is 152 Å². The first-order chi connectivity index (χ1) is 12.7. The number of hydrazone groups is 1. The lowest BCUT2D eigenvalue weighted by Crippen LogP contribution is -2.17. The van der Waals surface area contributed by atoms with Crippen molar-refractivity contribution < 1.29 is 9.53 Å². The minimum Gasteiger partial charge on any atom is -0.489 e. The van der Waals surface area contributed by atoms with Crippen LogP contribution in [0.15, 0.2) is 78.0 Å². The summed E-state index contributed by atoms with van der Waals surface area (Å²) in [5, 5.41) is 3.97. The van der Waals surface area contributed by atoms with Crippen LogP contribution in [0.4, 0.5) is 0 Å². The van der Waals surface area contributed by atoms with Gasteiger partial charge < -0.3 is 4.74 Å². The lowest BCUT2D eigenvalue weighted by molar-refractivity contribution is 0.0955. The van der Waals surface area contributed by atoms with Crippen molar-refractivity contribution in [2.24, 2.45) is 5.10 Å². The summed E-state index contributed by atoms with van der Waals surface area (Å²) < 4.78 is 5.74. The number of carbonyl (C=O) groups excluding carboxylic acids is 1. The second-order valence-electron chi connectivity index (χ2n) is 5.73. The van der Waals surface area contributed by atoms with Gasteiger partial charge in [0.2, 0.25) is 0 Å². The third-order valence-electron chi connectivity index (χ3n) is 3.68. The number of ether oxygens (including phenoxy) is 1. The van der Waals surface area contributed by atoms with Crippen molar-refractivity contribution >= 4 is 12.1 Å². The van der Waals surface area contributed by atoms with Crippen LogP contribution < -0.4 is 10.2 Å². The average molecular weight is 345 g/mol. The third-order valence-corrected chi connectivity index (χ3v) is 3.68. The summed E-state index contributed by atoms with van der Waals surface area (Å²) in [7, 11) is 0. The van der Waals surface area contributed by atoms with Gasteiger partial charge in [0.1, 0.15) is 12.4 Å². The molecular weight excluding hydrogens is 326 g/mol. The molecule has 0 radical (unpaired) electrons. The summed E-state index contributed by atoms with van der Waals surface area (Å²) in [6.45, 7) is 2.39. The van der Waals surface area contributed by atoms with E-state index in [0.29, 0.717) is 12.2 Å². The lowest BCUT2D eigenvalue weighted by atomic mass is 10.2. The Hall–Kier alpha value is -3.47. The molecule has 0 spiro atoms. The molecule has 1 heterocycles. The first-order valence-corrected chi connectivity index (χ1v) is 8.23. The van der Waals surface area contributed by atoms with Crippen molar-refractivity contribution in [2.45, 2.75) is 13.5 Å². The van der Waals surface area contributed by atoms with Crippen LogP contribution in [0.2, 0.25) is 0 Å². The fraction of sp³-hybridized carbons (Fsp3) is 0.0952. The first kappa shape index (κ1) is 17.4. The number of nitrogens with zero attached hydrogens (tertiary/aromatic N) is 2. The van der Waals surface area contributed by atoms with Crippen LogP contribution in [0.3, 0.4) is 0 Å². The molecule has 0 saturated carbocycles. The Morgan fingerprint density at radius 3 is 2.54 bits per heavy atom. The number of hydrogen-bond acceptors (Lipinski definition) is 4. The van der Waals surface area contributed by atoms with Crippen molar-refractivity contribution in [1.29, 1.82) is 0 Å². The van der Waals surface area contributed by atoms with Gasteiger partial charge in [-0.05, 0) is 54.4 Å². The number of pyridine rings is 1. The molecule has 5 heteroatoms. The summed E-state index contributed by atoms with van der Waals surface area (Å²) in [5.74, 6) is 0.484. The Bertz CT molecular complexity index is 873. The van der Waals surface area contributed by atoms with Crippen molar-refractivity contribution in [1.82, 2.24) is 10.4 Å². The van der Waals surface area contributed by atoms with E-state index in [1.165, 1.54) is 6.20 Å². The van der Waals surface area contributed by atoms with Crippen molar-refractivity contribution in [3.63, 3.8) is 0 Å². The smallest absolute Gasteiger partial charge is 0.272 e. The van der Waals surface area contributed by atoms with Gasteiger partial charge in [0.05, 0.1) is 11.8 Å². The van der Waals surface area contributed by atoms with Crippen LogP contribution >= 0.6 is 0 Å². The molecular formula is C21H19N3O2. The second-order valence-corrected chi connectivity index (χ2v) is 5.73. The number of aryl methyl sites for hydroxylation is 1. The van der Waals surface area contributed by atoms with E-state index < -0.39 is 0 Å². The molecule has 1 N–H and O–H groups in total. The summed E-state index contributed by atoms with van der Waals surface area (Å²) in [5.41, 5.74) is 5.80. The van der Waals surface area contributed by atoms with E-state index in [2.05, 4.69) is 15.5 Å². The first-order valence-electron chi connectivity index (χ1n) is 8.23. The summed E-state index contributed by atoms with van der Waals surface area (Å²) in [6, 6.07) is 21.0. The Morgan fingerprint density at radius 2 is 1.85 bits per heavy atom. The highest BCUT2D eigenvalue weighted by Crippen LogP contribution is 2.13. The van der Waals surface area contributed by atoms with Crippen molar-refractivity contribution in [2.75, 3.05) is 0 Å². The highest BCUT2D eigenvalue weighted by Gasteiger charge is 2.03. The van der Waals surface area contributed by atoms with E-state index in [4.69, 9.17) is 4.74 Å². The number of benzene rings is 2. The molecule has 0 aliphatic carbocycles. The SMILES string of the molecule is Cc1ccc(C(=O)NN=Cc2ccc(OCc3ccccc3)cc2)cn1. The largest absolute Gasteiger partial charge is 0.489 e. The molecule has 3 aromatic rings. The summed E-state index contributed by atoms with van der Waals surface area (Å²) >= 11 is 0. The predicted octanol–water partition coefficient (Wildman–Crippen LogP) is 3.73. The van der Waals surface area contributed by atoms with Crippen LogP contribution in [0, 0.1) is 6.92 Å². The fourth-order valence-corrected chi connectivity index (χ4v) is 2.22. The van der Waals surface area contributed by atoms with Gasteiger partial charge >= 0.3 is 0 Å². The molecule has 0 atom stereocenters. The number of nitrogens with one attached hydrogen (secondary N) is 1. The Balaban J connectivity index is 1.51.